The molecule has 0 aromatic heterocycles. The molecule has 4 fully saturated rings. The number of piperidine rings is 2. The van der Waals surface area contributed by atoms with Crippen LogP contribution in [0.4, 0.5) is 0 Å². The molecule has 1 heteroatoms. The SMILES string of the molecule is CC1C[C@H]2CCC[C@@H](C1)N2C1C[C@H]2CCCC[C@@H](C1)C2. The van der Waals surface area contributed by atoms with Crippen LogP contribution < -0.4 is 0 Å². The van der Waals surface area contributed by atoms with E-state index in [1.54, 1.807) is 32.1 Å². The zero-order valence-corrected chi connectivity index (χ0v) is 13.4. The van der Waals surface area contributed by atoms with E-state index in [4.69, 9.17) is 0 Å². The Balaban J connectivity index is 1.51. The maximum atomic E-state index is 3.08. The van der Waals surface area contributed by atoms with Crippen molar-refractivity contribution in [2.24, 2.45) is 17.8 Å². The van der Waals surface area contributed by atoms with Crippen molar-refractivity contribution in [2.45, 2.75) is 102 Å². The van der Waals surface area contributed by atoms with Crippen LogP contribution in [0.2, 0.25) is 0 Å². The summed E-state index contributed by atoms with van der Waals surface area (Å²) in [6, 6.07) is 2.89. The van der Waals surface area contributed by atoms with Crippen molar-refractivity contribution in [3.8, 4) is 0 Å². The second kappa shape index (κ2) is 5.63. The molecule has 6 atom stereocenters. The Morgan fingerprint density at radius 1 is 0.600 bits per heavy atom. The van der Waals surface area contributed by atoms with E-state index in [0.29, 0.717) is 0 Å². The van der Waals surface area contributed by atoms with Crippen LogP contribution in [-0.4, -0.2) is 23.0 Å². The van der Waals surface area contributed by atoms with Crippen molar-refractivity contribution in [2.75, 3.05) is 0 Å². The molecule has 2 aliphatic heterocycles. The zero-order chi connectivity index (χ0) is 13.5. The van der Waals surface area contributed by atoms with Crippen molar-refractivity contribution in [1.82, 2.24) is 4.90 Å². The highest BCUT2D eigenvalue weighted by molar-refractivity contribution is 4.97. The average molecular weight is 275 g/mol. The van der Waals surface area contributed by atoms with Gasteiger partial charge in [-0.3, -0.25) is 4.90 Å². The highest BCUT2D eigenvalue weighted by Crippen LogP contribution is 2.45. The number of rotatable bonds is 1. The fourth-order valence-corrected chi connectivity index (χ4v) is 6.40. The molecule has 114 valence electrons. The van der Waals surface area contributed by atoms with Gasteiger partial charge < -0.3 is 0 Å². The van der Waals surface area contributed by atoms with Gasteiger partial charge in [0.05, 0.1) is 0 Å². The van der Waals surface area contributed by atoms with Gasteiger partial charge in [-0.2, -0.15) is 0 Å². The number of nitrogens with zero attached hydrogens (tertiary/aromatic N) is 1. The van der Waals surface area contributed by atoms with Gasteiger partial charge in [0.2, 0.25) is 0 Å². The summed E-state index contributed by atoms with van der Waals surface area (Å²) >= 11 is 0. The summed E-state index contributed by atoms with van der Waals surface area (Å²) in [5.74, 6) is 3.16. The molecule has 4 aliphatic rings. The molecular formula is C19H33N. The summed E-state index contributed by atoms with van der Waals surface area (Å²) in [7, 11) is 0. The lowest BCUT2D eigenvalue weighted by Gasteiger charge is -2.54. The van der Waals surface area contributed by atoms with Crippen LogP contribution in [0.25, 0.3) is 0 Å². The quantitative estimate of drug-likeness (QED) is 0.651. The average Bonchev–Trinajstić information content (AvgIpc) is 2.58. The van der Waals surface area contributed by atoms with E-state index in [1.807, 2.05) is 0 Å². The van der Waals surface area contributed by atoms with Crippen molar-refractivity contribution in [3.05, 3.63) is 0 Å². The second-order valence-electron chi connectivity index (χ2n) is 8.64. The summed E-state index contributed by atoms with van der Waals surface area (Å²) in [4.78, 5) is 3.08. The highest BCUT2D eigenvalue weighted by Gasteiger charge is 2.43. The molecule has 4 rings (SSSR count). The third-order valence-electron chi connectivity index (χ3n) is 7.04. The van der Waals surface area contributed by atoms with Gasteiger partial charge in [-0.1, -0.05) is 39.0 Å². The summed E-state index contributed by atoms with van der Waals surface area (Å²) < 4.78 is 0. The Morgan fingerprint density at radius 3 is 1.80 bits per heavy atom. The molecule has 0 N–H and O–H groups in total. The minimum absolute atomic E-state index is 0.961. The van der Waals surface area contributed by atoms with E-state index in [9.17, 15) is 0 Å². The van der Waals surface area contributed by atoms with E-state index in [0.717, 1.165) is 35.9 Å². The van der Waals surface area contributed by atoms with Crippen LogP contribution in [0.15, 0.2) is 0 Å². The van der Waals surface area contributed by atoms with E-state index in [1.165, 1.54) is 44.9 Å². The molecule has 2 aliphatic carbocycles. The smallest absolute Gasteiger partial charge is 0.0106 e. The third-order valence-corrected chi connectivity index (χ3v) is 7.04. The van der Waals surface area contributed by atoms with Crippen molar-refractivity contribution in [1.29, 1.82) is 0 Å². The topological polar surface area (TPSA) is 3.24 Å². The first-order valence-electron chi connectivity index (χ1n) is 9.57. The van der Waals surface area contributed by atoms with Gasteiger partial charge in [0.25, 0.3) is 0 Å². The lowest BCUT2D eigenvalue weighted by molar-refractivity contribution is -0.0419. The van der Waals surface area contributed by atoms with Crippen molar-refractivity contribution >= 4 is 0 Å². The Morgan fingerprint density at radius 2 is 1.20 bits per heavy atom. The van der Waals surface area contributed by atoms with Crippen LogP contribution in [0.3, 0.4) is 0 Å². The lowest BCUT2D eigenvalue weighted by atomic mass is 9.72. The Labute approximate surface area is 125 Å². The largest absolute Gasteiger partial charge is 0.294 e. The third kappa shape index (κ3) is 2.56. The van der Waals surface area contributed by atoms with Crippen molar-refractivity contribution in [3.63, 3.8) is 0 Å². The fourth-order valence-electron chi connectivity index (χ4n) is 6.40. The minimum atomic E-state index is 0.961. The van der Waals surface area contributed by atoms with Gasteiger partial charge in [-0.15, -0.1) is 0 Å². The van der Waals surface area contributed by atoms with Gasteiger partial charge in [0.1, 0.15) is 0 Å². The summed E-state index contributed by atoms with van der Waals surface area (Å²) in [5.41, 5.74) is 0. The molecule has 2 unspecified atom stereocenters. The molecule has 4 bridgehead atoms. The van der Waals surface area contributed by atoms with E-state index in [-0.39, 0.29) is 0 Å². The molecule has 1 nitrogen and oxygen atoms in total. The summed E-state index contributed by atoms with van der Waals surface area (Å²) in [5, 5.41) is 0. The highest BCUT2D eigenvalue weighted by atomic mass is 15.2. The second-order valence-corrected chi connectivity index (χ2v) is 8.64. The normalized spacial score (nSPS) is 49.6. The molecule has 0 aromatic rings. The molecule has 0 radical (unpaired) electrons. The van der Waals surface area contributed by atoms with Gasteiger partial charge in [0.15, 0.2) is 0 Å². The monoisotopic (exact) mass is 275 g/mol. The Bertz CT molecular complexity index is 311. The molecule has 0 amide bonds. The molecule has 20 heavy (non-hydrogen) atoms. The molecule has 2 heterocycles. The van der Waals surface area contributed by atoms with Crippen LogP contribution in [-0.2, 0) is 0 Å². The van der Waals surface area contributed by atoms with Crippen LogP contribution in [0, 0.1) is 17.8 Å². The van der Waals surface area contributed by atoms with Gasteiger partial charge in [-0.25, -0.2) is 0 Å². The van der Waals surface area contributed by atoms with Gasteiger partial charge in [-0.05, 0) is 62.7 Å². The van der Waals surface area contributed by atoms with E-state index >= 15 is 0 Å². The molecule has 2 saturated carbocycles. The Kier molecular flexibility index (Phi) is 3.83. The van der Waals surface area contributed by atoms with Gasteiger partial charge in [0, 0.05) is 18.1 Å². The minimum Gasteiger partial charge on any atom is -0.294 e. The Hall–Kier alpha value is -0.0400. The maximum absolute atomic E-state index is 3.08. The van der Waals surface area contributed by atoms with E-state index < -0.39 is 0 Å². The molecule has 2 saturated heterocycles. The van der Waals surface area contributed by atoms with Crippen LogP contribution in [0.1, 0.15) is 84.0 Å². The van der Waals surface area contributed by atoms with Crippen LogP contribution >= 0.6 is 0 Å². The molecule has 0 aromatic carbocycles. The molecule has 0 spiro atoms. The van der Waals surface area contributed by atoms with Crippen LogP contribution in [0.5, 0.6) is 0 Å². The standard InChI is InChI=1S/C19H33N/c1-14-9-17-7-4-8-18(10-14)20(17)19-12-15-5-2-3-6-16(11-15)13-19/h14-19H,2-13H2,1H3/t14?,15-,16+,17-,18+,19?. The lowest BCUT2D eigenvalue weighted by Crippen LogP contribution is -2.57. The number of hydrogen-bond donors (Lipinski definition) is 0. The zero-order valence-electron chi connectivity index (χ0n) is 13.4. The van der Waals surface area contributed by atoms with Crippen molar-refractivity contribution < 1.29 is 0 Å². The first kappa shape index (κ1) is 13.6. The summed E-state index contributed by atoms with van der Waals surface area (Å²) in [6.07, 6.45) is 18.4. The van der Waals surface area contributed by atoms with E-state index in [2.05, 4.69) is 11.8 Å². The molecular weight excluding hydrogens is 242 g/mol. The number of hydrogen-bond acceptors (Lipinski definition) is 1. The summed E-state index contributed by atoms with van der Waals surface area (Å²) in [6.45, 7) is 2.50. The van der Waals surface area contributed by atoms with Gasteiger partial charge >= 0.3 is 0 Å². The predicted octanol–water partition coefficient (Wildman–Crippen LogP) is 5.00. The fraction of sp³-hybridized carbons (Fsp3) is 1.00. The predicted molar refractivity (Wildman–Crippen MR) is 84.8 cm³/mol. The number of fused-ring (bicyclic) bond motifs is 4. The maximum Gasteiger partial charge on any atom is 0.0106 e. The first-order chi connectivity index (χ1) is 9.79. The first-order valence-corrected chi connectivity index (χ1v) is 9.57.